The zero-order valence-electron chi connectivity index (χ0n) is 11.5. The number of aliphatic hydroxyl groups is 1. The van der Waals surface area contributed by atoms with Crippen molar-refractivity contribution in [3.8, 4) is 0 Å². The number of hydrogen-bond donors (Lipinski definition) is 2. The van der Waals surface area contributed by atoms with E-state index in [0.29, 0.717) is 18.1 Å². The molecule has 19 heavy (non-hydrogen) atoms. The van der Waals surface area contributed by atoms with E-state index in [4.69, 9.17) is 4.42 Å². The standard InChI is InChI=1S/C15H21NO3/c1-11-7-8-13(19-11)15(2,18)10-16-14(17)9-12-5-3-4-6-12/h3,5,7-8,12,18H,4,6,9-10H2,1-2H3,(H,16,17). The Bertz CT molecular complexity index is 473. The SMILES string of the molecule is Cc1ccc(C(C)(O)CNC(=O)CC2C=CCC2)o1. The molecule has 2 rings (SSSR count). The number of furan rings is 1. The van der Waals surface area contributed by atoms with Gasteiger partial charge in [0.2, 0.25) is 5.91 Å². The van der Waals surface area contributed by atoms with Gasteiger partial charge in [-0.1, -0.05) is 12.2 Å². The van der Waals surface area contributed by atoms with Crippen molar-refractivity contribution in [3.05, 3.63) is 35.8 Å². The van der Waals surface area contributed by atoms with E-state index >= 15 is 0 Å². The summed E-state index contributed by atoms with van der Waals surface area (Å²) in [4.78, 5) is 11.8. The lowest BCUT2D eigenvalue weighted by Crippen LogP contribution is -2.38. The van der Waals surface area contributed by atoms with Crippen LogP contribution in [0.1, 0.15) is 37.7 Å². The molecule has 0 aromatic carbocycles. The summed E-state index contributed by atoms with van der Waals surface area (Å²) in [5.74, 6) is 1.54. The lowest BCUT2D eigenvalue weighted by Gasteiger charge is -2.21. The summed E-state index contributed by atoms with van der Waals surface area (Å²) in [6.45, 7) is 3.63. The molecule has 1 aliphatic rings. The topological polar surface area (TPSA) is 62.5 Å². The molecule has 0 aliphatic heterocycles. The van der Waals surface area contributed by atoms with Crippen molar-refractivity contribution >= 4 is 5.91 Å². The van der Waals surface area contributed by atoms with Gasteiger partial charge in [0.15, 0.2) is 0 Å². The fourth-order valence-electron chi connectivity index (χ4n) is 2.26. The van der Waals surface area contributed by atoms with Crippen LogP contribution in [-0.4, -0.2) is 17.6 Å². The van der Waals surface area contributed by atoms with Gasteiger partial charge in [0.05, 0.1) is 6.54 Å². The van der Waals surface area contributed by atoms with Gasteiger partial charge in [-0.15, -0.1) is 0 Å². The molecule has 0 saturated carbocycles. The number of amides is 1. The summed E-state index contributed by atoms with van der Waals surface area (Å²) < 4.78 is 5.40. The van der Waals surface area contributed by atoms with Gasteiger partial charge in [0.25, 0.3) is 0 Å². The van der Waals surface area contributed by atoms with Gasteiger partial charge in [0, 0.05) is 6.42 Å². The zero-order valence-corrected chi connectivity index (χ0v) is 11.5. The van der Waals surface area contributed by atoms with Crippen LogP contribution in [0.4, 0.5) is 0 Å². The summed E-state index contributed by atoms with van der Waals surface area (Å²) in [5.41, 5.74) is -1.17. The van der Waals surface area contributed by atoms with Crippen molar-refractivity contribution in [2.75, 3.05) is 6.54 Å². The number of carbonyl (C=O) groups excluding carboxylic acids is 1. The van der Waals surface area contributed by atoms with E-state index < -0.39 is 5.60 Å². The molecular formula is C15H21NO3. The van der Waals surface area contributed by atoms with Crippen molar-refractivity contribution < 1.29 is 14.3 Å². The highest BCUT2D eigenvalue weighted by Crippen LogP contribution is 2.23. The highest BCUT2D eigenvalue weighted by Gasteiger charge is 2.27. The van der Waals surface area contributed by atoms with Crippen molar-refractivity contribution in [1.29, 1.82) is 0 Å². The maximum atomic E-state index is 11.8. The average Bonchev–Trinajstić information content (AvgIpc) is 2.98. The molecule has 0 saturated heterocycles. The quantitative estimate of drug-likeness (QED) is 0.801. The van der Waals surface area contributed by atoms with Crippen molar-refractivity contribution in [3.63, 3.8) is 0 Å². The predicted molar refractivity (Wildman–Crippen MR) is 72.5 cm³/mol. The lowest BCUT2D eigenvalue weighted by molar-refractivity contribution is -0.123. The van der Waals surface area contributed by atoms with E-state index in [2.05, 4.69) is 17.5 Å². The molecule has 1 amide bonds. The van der Waals surface area contributed by atoms with Crippen LogP contribution in [0.25, 0.3) is 0 Å². The first-order valence-corrected chi connectivity index (χ1v) is 6.70. The molecule has 0 fully saturated rings. The van der Waals surface area contributed by atoms with Crippen LogP contribution in [-0.2, 0) is 10.4 Å². The van der Waals surface area contributed by atoms with E-state index in [1.165, 1.54) is 0 Å². The molecule has 4 nitrogen and oxygen atoms in total. The second-order valence-electron chi connectivity index (χ2n) is 5.43. The van der Waals surface area contributed by atoms with Gasteiger partial charge >= 0.3 is 0 Å². The highest BCUT2D eigenvalue weighted by atomic mass is 16.4. The fraction of sp³-hybridized carbons (Fsp3) is 0.533. The number of rotatable bonds is 5. The summed E-state index contributed by atoms with van der Waals surface area (Å²) in [7, 11) is 0. The molecule has 4 heteroatoms. The average molecular weight is 263 g/mol. The number of hydrogen-bond acceptors (Lipinski definition) is 3. The van der Waals surface area contributed by atoms with Gasteiger partial charge in [-0.25, -0.2) is 0 Å². The third-order valence-corrected chi connectivity index (χ3v) is 3.46. The largest absolute Gasteiger partial charge is 0.463 e. The number of nitrogens with one attached hydrogen (secondary N) is 1. The smallest absolute Gasteiger partial charge is 0.220 e. The molecule has 104 valence electrons. The molecule has 2 unspecified atom stereocenters. The van der Waals surface area contributed by atoms with Gasteiger partial charge in [-0.05, 0) is 44.7 Å². The second kappa shape index (κ2) is 5.61. The Hall–Kier alpha value is -1.55. The monoisotopic (exact) mass is 263 g/mol. The maximum Gasteiger partial charge on any atom is 0.220 e. The van der Waals surface area contributed by atoms with E-state index in [1.807, 2.05) is 6.92 Å². The molecule has 0 spiro atoms. The van der Waals surface area contributed by atoms with Crippen LogP contribution in [0.5, 0.6) is 0 Å². The fourth-order valence-corrected chi connectivity index (χ4v) is 2.26. The van der Waals surface area contributed by atoms with Crippen LogP contribution < -0.4 is 5.32 Å². The molecule has 0 bridgehead atoms. The molecule has 1 aromatic heterocycles. The molecule has 2 N–H and O–H groups in total. The first-order valence-electron chi connectivity index (χ1n) is 6.70. The molecule has 1 aromatic rings. The predicted octanol–water partition coefficient (Wildman–Crippen LogP) is 2.27. The Morgan fingerprint density at radius 1 is 1.58 bits per heavy atom. The van der Waals surface area contributed by atoms with Crippen molar-refractivity contribution in [2.45, 2.75) is 38.7 Å². The molecular weight excluding hydrogens is 242 g/mol. The third-order valence-electron chi connectivity index (χ3n) is 3.46. The minimum absolute atomic E-state index is 0.0277. The number of aryl methyl sites for hydroxylation is 1. The van der Waals surface area contributed by atoms with E-state index in [9.17, 15) is 9.90 Å². The van der Waals surface area contributed by atoms with Crippen LogP contribution >= 0.6 is 0 Å². The van der Waals surface area contributed by atoms with Crippen molar-refractivity contribution in [1.82, 2.24) is 5.32 Å². The maximum absolute atomic E-state index is 11.8. The third kappa shape index (κ3) is 3.70. The van der Waals surface area contributed by atoms with Crippen LogP contribution in [0, 0.1) is 12.8 Å². The van der Waals surface area contributed by atoms with E-state index in [1.54, 1.807) is 19.1 Å². The summed E-state index contributed by atoms with van der Waals surface area (Å²) in [5, 5.41) is 13.1. The van der Waals surface area contributed by atoms with Crippen LogP contribution in [0.3, 0.4) is 0 Å². The Morgan fingerprint density at radius 2 is 2.37 bits per heavy atom. The second-order valence-corrected chi connectivity index (χ2v) is 5.43. The normalized spacial score (nSPS) is 21.3. The van der Waals surface area contributed by atoms with Gasteiger partial charge in [-0.3, -0.25) is 4.79 Å². The van der Waals surface area contributed by atoms with E-state index in [-0.39, 0.29) is 12.5 Å². The van der Waals surface area contributed by atoms with Gasteiger partial charge in [-0.2, -0.15) is 0 Å². The van der Waals surface area contributed by atoms with Gasteiger partial charge in [0.1, 0.15) is 17.1 Å². The van der Waals surface area contributed by atoms with E-state index in [0.717, 1.165) is 18.6 Å². The zero-order chi connectivity index (χ0) is 13.9. The molecule has 2 atom stereocenters. The van der Waals surface area contributed by atoms with Crippen LogP contribution in [0.15, 0.2) is 28.7 Å². The Labute approximate surface area is 113 Å². The number of allylic oxidation sites excluding steroid dienone is 2. The molecule has 1 aliphatic carbocycles. The first kappa shape index (κ1) is 13.9. The highest BCUT2D eigenvalue weighted by molar-refractivity contribution is 5.76. The summed E-state index contributed by atoms with van der Waals surface area (Å²) in [6.07, 6.45) is 6.79. The Morgan fingerprint density at radius 3 is 2.95 bits per heavy atom. The molecule has 1 heterocycles. The summed E-state index contributed by atoms with van der Waals surface area (Å²) in [6, 6.07) is 3.54. The Kier molecular flexibility index (Phi) is 4.10. The lowest BCUT2D eigenvalue weighted by atomic mass is 10.0. The van der Waals surface area contributed by atoms with Crippen molar-refractivity contribution in [2.24, 2.45) is 5.92 Å². The van der Waals surface area contributed by atoms with Crippen LogP contribution in [0.2, 0.25) is 0 Å². The number of carbonyl (C=O) groups is 1. The first-order chi connectivity index (χ1) is 8.97. The van der Waals surface area contributed by atoms with Gasteiger partial charge < -0.3 is 14.8 Å². The summed E-state index contributed by atoms with van der Waals surface area (Å²) >= 11 is 0. The minimum atomic E-state index is -1.17. The Balaban J connectivity index is 1.83. The minimum Gasteiger partial charge on any atom is -0.463 e. The molecule has 0 radical (unpaired) electrons.